The summed E-state index contributed by atoms with van der Waals surface area (Å²) in [5.41, 5.74) is 4.87. The lowest BCUT2D eigenvalue weighted by Crippen LogP contribution is -2.29. The minimum atomic E-state index is -3.51. The summed E-state index contributed by atoms with van der Waals surface area (Å²) in [4.78, 5) is 16.7. The molecule has 34 heavy (non-hydrogen) atoms. The zero-order valence-electron chi connectivity index (χ0n) is 19.0. The Hall–Kier alpha value is -3.91. The molecule has 0 saturated heterocycles. The van der Waals surface area contributed by atoms with Crippen LogP contribution in [-0.2, 0) is 23.1 Å². The van der Waals surface area contributed by atoms with E-state index in [0.717, 1.165) is 22.4 Å². The van der Waals surface area contributed by atoms with Gasteiger partial charge in [0.05, 0.1) is 24.8 Å². The number of carbonyl (C=O) groups is 1. The van der Waals surface area contributed by atoms with E-state index in [2.05, 4.69) is 10.3 Å². The van der Waals surface area contributed by atoms with Gasteiger partial charge in [-0.05, 0) is 60.0 Å². The van der Waals surface area contributed by atoms with Gasteiger partial charge in [-0.3, -0.25) is 9.10 Å². The standard InChI is InChI=1S/C26H26N4O3S/c1-20-5-3-4-6-23(20)18-30(34(2,32)33)25-13-9-22(10-14-25)26(31)28-17-21-7-11-24(12-8-21)29-16-15-27-19-29/h3-16,19H,17-18H2,1-2H3,(H,28,31). The van der Waals surface area contributed by atoms with Crippen LogP contribution in [0.25, 0.3) is 5.69 Å². The van der Waals surface area contributed by atoms with Gasteiger partial charge < -0.3 is 9.88 Å². The highest BCUT2D eigenvalue weighted by Gasteiger charge is 2.19. The Morgan fingerprint density at radius 3 is 2.32 bits per heavy atom. The van der Waals surface area contributed by atoms with Gasteiger partial charge in [-0.2, -0.15) is 0 Å². The zero-order valence-corrected chi connectivity index (χ0v) is 19.9. The number of aryl methyl sites for hydroxylation is 1. The van der Waals surface area contributed by atoms with Crippen molar-refractivity contribution in [3.8, 4) is 5.69 Å². The van der Waals surface area contributed by atoms with Crippen LogP contribution in [0.15, 0.2) is 91.5 Å². The van der Waals surface area contributed by atoms with Crippen molar-refractivity contribution in [3.05, 3.63) is 114 Å². The Balaban J connectivity index is 1.42. The van der Waals surface area contributed by atoms with Gasteiger partial charge in [0.2, 0.25) is 10.0 Å². The fraction of sp³-hybridized carbons (Fsp3) is 0.154. The number of hydrogen-bond acceptors (Lipinski definition) is 4. The van der Waals surface area contributed by atoms with Crippen molar-refractivity contribution in [2.75, 3.05) is 10.6 Å². The quantitative estimate of drug-likeness (QED) is 0.417. The van der Waals surface area contributed by atoms with E-state index in [1.165, 1.54) is 10.6 Å². The molecule has 0 aliphatic rings. The second kappa shape index (κ2) is 9.93. The molecule has 8 heteroatoms. The minimum Gasteiger partial charge on any atom is -0.348 e. The topological polar surface area (TPSA) is 84.3 Å². The second-order valence-corrected chi connectivity index (χ2v) is 9.97. The zero-order chi connectivity index (χ0) is 24.1. The van der Waals surface area contributed by atoms with E-state index in [9.17, 15) is 13.2 Å². The third-order valence-corrected chi connectivity index (χ3v) is 6.73. The van der Waals surface area contributed by atoms with Gasteiger partial charge in [-0.15, -0.1) is 0 Å². The number of rotatable bonds is 8. The molecular formula is C26H26N4O3S. The minimum absolute atomic E-state index is 0.227. The first kappa shape index (κ1) is 23.3. The van der Waals surface area contributed by atoms with Crippen molar-refractivity contribution in [2.45, 2.75) is 20.0 Å². The molecule has 0 atom stereocenters. The third-order valence-electron chi connectivity index (χ3n) is 5.58. The summed E-state index contributed by atoms with van der Waals surface area (Å²) in [6.07, 6.45) is 6.50. The van der Waals surface area contributed by atoms with Gasteiger partial charge in [-0.25, -0.2) is 13.4 Å². The molecule has 4 aromatic rings. The first-order valence-corrected chi connectivity index (χ1v) is 12.6. The first-order chi connectivity index (χ1) is 16.3. The van der Waals surface area contributed by atoms with Crippen LogP contribution in [0.4, 0.5) is 5.69 Å². The van der Waals surface area contributed by atoms with Crippen LogP contribution in [0.5, 0.6) is 0 Å². The molecule has 3 aromatic carbocycles. The number of aromatic nitrogens is 2. The lowest BCUT2D eigenvalue weighted by atomic mass is 10.1. The molecule has 1 N–H and O–H groups in total. The summed E-state index contributed by atoms with van der Waals surface area (Å²) in [6, 6.07) is 22.1. The molecule has 0 aliphatic carbocycles. The summed E-state index contributed by atoms with van der Waals surface area (Å²) in [5, 5.41) is 2.91. The molecule has 0 saturated carbocycles. The molecule has 0 unspecified atom stereocenters. The smallest absolute Gasteiger partial charge is 0.251 e. The van der Waals surface area contributed by atoms with Crippen LogP contribution < -0.4 is 9.62 Å². The first-order valence-electron chi connectivity index (χ1n) is 10.8. The Bertz CT molecular complexity index is 1360. The molecule has 1 aromatic heterocycles. The Morgan fingerprint density at radius 1 is 1.00 bits per heavy atom. The third kappa shape index (κ3) is 5.52. The number of imidazole rings is 1. The predicted molar refractivity (Wildman–Crippen MR) is 133 cm³/mol. The number of nitrogens with one attached hydrogen (secondary N) is 1. The van der Waals surface area contributed by atoms with Crippen molar-refractivity contribution >= 4 is 21.6 Å². The number of nitrogens with zero attached hydrogens (tertiary/aromatic N) is 3. The monoisotopic (exact) mass is 474 g/mol. The van der Waals surface area contributed by atoms with Gasteiger partial charge in [0.15, 0.2) is 0 Å². The van der Waals surface area contributed by atoms with Gasteiger partial charge in [0.25, 0.3) is 5.91 Å². The maximum Gasteiger partial charge on any atom is 0.251 e. The molecule has 1 heterocycles. The fourth-order valence-electron chi connectivity index (χ4n) is 3.60. The van der Waals surface area contributed by atoms with E-state index in [0.29, 0.717) is 17.8 Å². The van der Waals surface area contributed by atoms with E-state index >= 15 is 0 Å². The molecule has 0 bridgehead atoms. The predicted octanol–water partition coefficient (Wildman–Crippen LogP) is 4.08. The lowest BCUT2D eigenvalue weighted by molar-refractivity contribution is 0.0951. The average molecular weight is 475 g/mol. The number of carbonyl (C=O) groups excluding carboxylic acids is 1. The van der Waals surface area contributed by atoms with E-state index < -0.39 is 10.0 Å². The number of sulfonamides is 1. The summed E-state index contributed by atoms with van der Waals surface area (Å²) in [6.45, 7) is 2.56. The summed E-state index contributed by atoms with van der Waals surface area (Å²) in [5.74, 6) is -0.227. The molecule has 1 amide bonds. The van der Waals surface area contributed by atoms with E-state index in [1.807, 2.05) is 66.2 Å². The maximum absolute atomic E-state index is 12.6. The van der Waals surface area contributed by atoms with E-state index in [4.69, 9.17) is 0 Å². The van der Waals surface area contributed by atoms with Crippen molar-refractivity contribution in [1.82, 2.24) is 14.9 Å². The molecule has 174 valence electrons. The van der Waals surface area contributed by atoms with Gasteiger partial charge in [-0.1, -0.05) is 36.4 Å². The van der Waals surface area contributed by atoms with Gasteiger partial charge in [0.1, 0.15) is 0 Å². The summed E-state index contributed by atoms with van der Waals surface area (Å²) >= 11 is 0. The normalized spacial score (nSPS) is 11.2. The maximum atomic E-state index is 12.6. The summed E-state index contributed by atoms with van der Waals surface area (Å²) < 4.78 is 28.2. The van der Waals surface area contributed by atoms with Crippen molar-refractivity contribution in [2.24, 2.45) is 0 Å². The second-order valence-electron chi connectivity index (χ2n) is 8.06. The van der Waals surface area contributed by atoms with Crippen LogP contribution in [-0.4, -0.2) is 30.1 Å². The molecule has 0 radical (unpaired) electrons. The van der Waals surface area contributed by atoms with Crippen molar-refractivity contribution in [3.63, 3.8) is 0 Å². The largest absolute Gasteiger partial charge is 0.348 e. The lowest BCUT2D eigenvalue weighted by Gasteiger charge is -2.23. The van der Waals surface area contributed by atoms with Crippen LogP contribution in [0.2, 0.25) is 0 Å². The van der Waals surface area contributed by atoms with Crippen LogP contribution in [0, 0.1) is 6.92 Å². The van der Waals surface area contributed by atoms with E-state index in [-0.39, 0.29) is 12.5 Å². The van der Waals surface area contributed by atoms with Crippen LogP contribution in [0.1, 0.15) is 27.0 Å². The molecule has 0 fully saturated rings. The van der Waals surface area contributed by atoms with Crippen molar-refractivity contribution in [1.29, 1.82) is 0 Å². The molecular weight excluding hydrogens is 448 g/mol. The number of amides is 1. The fourth-order valence-corrected chi connectivity index (χ4v) is 4.48. The van der Waals surface area contributed by atoms with Crippen molar-refractivity contribution < 1.29 is 13.2 Å². The Morgan fingerprint density at radius 2 is 1.71 bits per heavy atom. The highest BCUT2D eigenvalue weighted by atomic mass is 32.2. The Kier molecular flexibility index (Phi) is 6.79. The Labute approximate surface area is 199 Å². The molecule has 4 rings (SSSR count). The van der Waals surface area contributed by atoms with Crippen LogP contribution >= 0.6 is 0 Å². The molecule has 7 nitrogen and oxygen atoms in total. The number of anilines is 1. The SMILES string of the molecule is Cc1ccccc1CN(c1ccc(C(=O)NCc2ccc(-n3ccnc3)cc2)cc1)S(C)(=O)=O. The van der Waals surface area contributed by atoms with Gasteiger partial charge >= 0.3 is 0 Å². The number of benzene rings is 3. The number of hydrogen-bond donors (Lipinski definition) is 1. The van der Waals surface area contributed by atoms with Crippen LogP contribution in [0.3, 0.4) is 0 Å². The molecule has 0 aliphatic heterocycles. The highest BCUT2D eigenvalue weighted by Crippen LogP contribution is 2.22. The average Bonchev–Trinajstić information content (AvgIpc) is 3.37. The summed E-state index contributed by atoms with van der Waals surface area (Å²) in [7, 11) is -3.51. The highest BCUT2D eigenvalue weighted by molar-refractivity contribution is 7.92. The van der Waals surface area contributed by atoms with E-state index in [1.54, 1.807) is 36.8 Å². The van der Waals surface area contributed by atoms with Gasteiger partial charge in [0, 0.05) is 30.2 Å². The molecule has 0 spiro atoms.